The molecule has 106 valence electrons. The summed E-state index contributed by atoms with van der Waals surface area (Å²) < 4.78 is 10.7. The Morgan fingerprint density at radius 1 is 0.950 bits per heavy atom. The molecule has 0 spiro atoms. The molecule has 3 heteroatoms. The van der Waals surface area contributed by atoms with Crippen molar-refractivity contribution >= 4 is 0 Å². The predicted molar refractivity (Wildman–Crippen MR) is 82.3 cm³/mol. The van der Waals surface area contributed by atoms with Crippen LogP contribution in [0.1, 0.15) is 16.7 Å². The standard InChI is InChI=1S/C17H21NO2/c1-11-6-5-7-14(12(11)2)15-9-17(20-4)16(19-3)8-13(15)10-18/h5-9H,10,18H2,1-4H3. The fraction of sp³-hybridized carbons (Fsp3) is 0.294. The molecule has 2 rings (SSSR count). The van der Waals surface area contributed by atoms with Crippen LogP contribution in [0, 0.1) is 13.8 Å². The number of rotatable bonds is 4. The normalized spacial score (nSPS) is 10.4. The quantitative estimate of drug-likeness (QED) is 0.926. The Morgan fingerprint density at radius 2 is 1.60 bits per heavy atom. The Kier molecular flexibility index (Phi) is 4.30. The van der Waals surface area contributed by atoms with E-state index in [1.165, 1.54) is 16.7 Å². The predicted octanol–water partition coefficient (Wildman–Crippen LogP) is 3.45. The summed E-state index contributed by atoms with van der Waals surface area (Å²) in [5, 5.41) is 0. The molecule has 0 saturated heterocycles. The average molecular weight is 271 g/mol. The van der Waals surface area contributed by atoms with E-state index in [9.17, 15) is 0 Å². The second-order valence-corrected chi connectivity index (χ2v) is 4.82. The monoisotopic (exact) mass is 271 g/mol. The smallest absolute Gasteiger partial charge is 0.161 e. The van der Waals surface area contributed by atoms with Crippen LogP contribution in [-0.2, 0) is 6.54 Å². The molecule has 0 saturated carbocycles. The van der Waals surface area contributed by atoms with Crippen molar-refractivity contribution in [2.24, 2.45) is 5.73 Å². The van der Waals surface area contributed by atoms with Crippen LogP contribution in [0.25, 0.3) is 11.1 Å². The van der Waals surface area contributed by atoms with E-state index in [-0.39, 0.29) is 0 Å². The maximum absolute atomic E-state index is 5.89. The van der Waals surface area contributed by atoms with Gasteiger partial charge in [0.2, 0.25) is 0 Å². The average Bonchev–Trinajstić information content (AvgIpc) is 2.48. The molecule has 0 atom stereocenters. The summed E-state index contributed by atoms with van der Waals surface area (Å²) in [4.78, 5) is 0. The van der Waals surface area contributed by atoms with Gasteiger partial charge >= 0.3 is 0 Å². The highest BCUT2D eigenvalue weighted by Gasteiger charge is 2.13. The number of hydrogen-bond donors (Lipinski definition) is 1. The third kappa shape index (κ3) is 2.49. The van der Waals surface area contributed by atoms with Crippen LogP contribution in [0.4, 0.5) is 0 Å². The molecular weight excluding hydrogens is 250 g/mol. The first-order valence-electron chi connectivity index (χ1n) is 6.64. The minimum Gasteiger partial charge on any atom is -0.493 e. The van der Waals surface area contributed by atoms with E-state index in [0.717, 1.165) is 16.9 Å². The molecule has 0 radical (unpaired) electrons. The third-order valence-corrected chi connectivity index (χ3v) is 3.72. The first-order valence-corrected chi connectivity index (χ1v) is 6.64. The van der Waals surface area contributed by atoms with Crippen LogP contribution in [0.2, 0.25) is 0 Å². The van der Waals surface area contributed by atoms with Gasteiger partial charge in [-0.2, -0.15) is 0 Å². The first-order chi connectivity index (χ1) is 9.62. The van der Waals surface area contributed by atoms with E-state index in [4.69, 9.17) is 15.2 Å². The van der Waals surface area contributed by atoms with Gasteiger partial charge in [-0.15, -0.1) is 0 Å². The van der Waals surface area contributed by atoms with Crippen molar-refractivity contribution in [2.75, 3.05) is 14.2 Å². The van der Waals surface area contributed by atoms with E-state index in [1.54, 1.807) is 14.2 Å². The molecule has 0 bridgehead atoms. The van der Waals surface area contributed by atoms with Crippen molar-refractivity contribution < 1.29 is 9.47 Å². The molecule has 0 aliphatic rings. The topological polar surface area (TPSA) is 44.5 Å². The van der Waals surface area contributed by atoms with Crippen LogP contribution in [0.5, 0.6) is 11.5 Å². The van der Waals surface area contributed by atoms with Crippen LogP contribution < -0.4 is 15.2 Å². The Balaban J connectivity index is 2.69. The zero-order chi connectivity index (χ0) is 14.7. The molecule has 0 fully saturated rings. The maximum Gasteiger partial charge on any atom is 0.161 e. The maximum atomic E-state index is 5.89. The van der Waals surface area contributed by atoms with Crippen molar-refractivity contribution in [1.82, 2.24) is 0 Å². The highest BCUT2D eigenvalue weighted by atomic mass is 16.5. The van der Waals surface area contributed by atoms with E-state index in [2.05, 4.69) is 32.0 Å². The van der Waals surface area contributed by atoms with E-state index >= 15 is 0 Å². The molecule has 0 amide bonds. The summed E-state index contributed by atoms with van der Waals surface area (Å²) in [5.74, 6) is 1.43. The summed E-state index contributed by atoms with van der Waals surface area (Å²) in [6.45, 7) is 4.70. The van der Waals surface area contributed by atoms with Gasteiger partial charge in [0.05, 0.1) is 14.2 Å². The minimum absolute atomic E-state index is 0.461. The minimum atomic E-state index is 0.461. The summed E-state index contributed by atoms with van der Waals surface area (Å²) in [6, 6.07) is 10.2. The summed E-state index contributed by atoms with van der Waals surface area (Å²) in [5.41, 5.74) is 11.8. The van der Waals surface area contributed by atoms with Gasteiger partial charge in [0.1, 0.15) is 0 Å². The van der Waals surface area contributed by atoms with Gasteiger partial charge in [0.25, 0.3) is 0 Å². The Bertz CT molecular complexity index is 621. The van der Waals surface area contributed by atoms with Crippen LogP contribution in [0.3, 0.4) is 0 Å². The molecule has 2 N–H and O–H groups in total. The van der Waals surface area contributed by atoms with Crippen LogP contribution in [-0.4, -0.2) is 14.2 Å². The van der Waals surface area contributed by atoms with E-state index < -0.39 is 0 Å². The highest BCUT2D eigenvalue weighted by Crippen LogP contribution is 2.37. The van der Waals surface area contributed by atoms with E-state index in [1.807, 2.05) is 12.1 Å². The number of aryl methyl sites for hydroxylation is 1. The number of hydrogen-bond acceptors (Lipinski definition) is 3. The van der Waals surface area contributed by atoms with Gasteiger partial charge in [-0.3, -0.25) is 0 Å². The van der Waals surface area contributed by atoms with Crippen molar-refractivity contribution in [3.63, 3.8) is 0 Å². The summed E-state index contributed by atoms with van der Waals surface area (Å²) in [6.07, 6.45) is 0. The number of methoxy groups -OCH3 is 2. The van der Waals surface area contributed by atoms with E-state index in [0.29, 0.717) is 12.3 Å². The fourth-order valence-electron chi connectivity index (χ4n) is 2.38. The van der Waals surface area contributed by atoms with Gasteiger partial charge in [-0.25, -0.2) is 0 Å². The van der Waals surface area contributed by atoms with Crippen molar-refractivity contribution in [2.45, 2.75) is 20.4 Å². The zero-order valence-electron chi connectivity index (χ0n) is 12.5. The molecule has 0 heterocycles. The van der Waals surface area contributed by atoms with Gasteiger partial charge in [-0.1, -0.05) is 18.2 Å². The van der Waals surface area contributed by atoms with Crippen LogP contribution in [0.15, 0.2) is 30.3 Å². The van der Waals surface area contributed by atoms with Crippen molar-refractivity contribution in [3.8, 4) is 22.6 Å². The van der Waals surface area contributed by atoms with Gasteiger partial charge in [0, 0.05) is 6.54 Å². The second-order valence-electron chi connectivity index (χ2n) is 4.82. The largest absolute Gasteiger partial charge is 0.493 e. The highest BCUT2D eigenvalue weighted by molar-refractivity contribution is 5.74. The van der Waals surface area contributed by atoms with Crippen LogP contribution >= 0.6 is 0 Å². The van der Waals surface area contributed by atoms with Gasteiger partial charge < -0.3 is 15.2 Å². The van der Waals surface area contributed by atoms with Gasteiger partial charge in [-0.05, 0) is 53.8 Å². The number of nitrogens with two attached hydrogens (primary N) is 1. The molecule has 0 aromatic heterocycles. The lowest BCUT2D eigenvalue weighted by atomic mass is 9.93. The molecule has 2 aromatic rings. The molecule has 20 heavy (non-hydrogen) atoms. The molecular formula is C17H21NO2. The summed E-state index contributed by atoms with van der Waals surface area (Å²) in [7, 11) is 3.28. The lowest BCUT2D eigenvalue weighted by Crippen LogP contribution is -2.02. The lowest BCUT2D eigenvalue weighted by molar-refractivity contribution is 0.354. The van der Waals surface area contributed by atoms with Crippen molar-refractivity contribution in [3.05, 3.63) is 47.0 Å². The Morgan fingerprint density at radius 3 is 2.20 bits per heavy atom. The SMILES string of the molecule is COc1cc(CN)c(-c2cccc(C)c2C)cc1OC. The third-order valence-electron chi connectivity index (χ3n) is 3.72. The van der Waals surface area contributed by atoms with Crippen molar-refractivity contribution in [1.29, 1.82) is 0 Å². The molecule has 0 aliphatic carbocycles. The van der Waals surface area contributed by atoms with Gasteiger partial charge in [0.15, 0.2) is 11.5 Å². The molecule has 3 nitrogen and oxygen atoms in total. The Hall–Kier alpha value is -2.00. The number of benzene rings is 2. The lowest BCUT2D eigenvalue weighted by Gasteiger charge is -2.16. The number of ether oxygens (including phenoxy) is 2. The molecule has 0 aliphatic heterocycles. The fourth-order valence-corrected chi connectivity index (χ4v) is 2.38. The first kappa shape index (κ1) is 14.4. The molecule has 2 aromatic carbocycles. The molecule has 0 unspecified atom stereocenters. The summed E-state index contributed by atoms with van der Waals surface area (Å²) >= 11 is 0. The second kappa shape index (κ2) is 5.97. The Labute approximate surface area is 120 Å². The zero-order valence-corrected chi connectivity index (χ0v) is 12.5.